The molecule has 0 fully saturated rings. The summed E-state index contributed by atoms with van der Waals surface area (Å²) in [5.74, 6) is -0.114. The van der Waals surface area contributed by atoms with E-state index in [1.807, 2.05) is 25.1 Å². The van der Waals surface area contributed by atoms with Gasteiger partial charge in [-0.05, 0) is 24.1 Å². The van der Waals surface area contributed by atoms with Crippen LogP contribution < -0.4 is 11.1 Å². The maximum absolute atomic E-state index is 11.8. The van der Waals surface area contributed by atoms with Gasteiger partial charge < -0.3 is 15.5 Å². The molecule has 0 aliphatic heterocycles. The van der Waals surface area contributed by atoms with Crippen molar-refractivity contribution in [3.8, 4) is 0 Å². The lowest BCUT2D eigenvalue weighted by Gasteiger charge is -2.12. The van der Waals surface area contributed by atoms with Crippen molar-refractivity contribution in [3.63, 3.8) is 0 Å². The smallest absolute Gasteiger partial charge is 0.224 e. The predicted octanol–water partition coefficient (Wildman–Crippen LogP) is 1.43. The summed E-state index contributed by atoms with van der Waals surface area (Å²) in [4.78, 5) is 15.8. The lowest BCUT2D eigenvalue weighted by atomic mass is 10.1. The number of nitrogens with two attached hydrogens (primary N) is 1. The number of nitrogens with one attached hydrogen (secondary N) is 1. The van der Waals surface area contributed by atoms with Crippen LogP contribution in [0.2, 0.25) is 0 Å². The number of hydrogen-bond acceptors (Lipinski definition) is 4. The zero-order valence-corrected chi connectivity index (χ0v) is 10.3. The van der Waals surface area contributed by atoms with E-state index >= 15 is 0 Å². The Morgan fingerprint density at radius 2 is 2.39 bits per heavy atom. The summed E-state index contributed by atoms with van der Waals surface area (Å²) >= 11 is 0. The zero-order chi connectivity index (χ0) is 13.0. The highest BCUT2D eigenvalue weighted by atomic mass is 16.3. The Labute approximate surface area is 105 Å². The topological polar surface area (TPSA) is 81.2 Å². The van der Waals surface area contributed by atoms with Crippen LogP contribution in [0.1, 0.15) is 18.9 Å². The second-order valence-electron chi connectivity index (χ2n) is 4.21. The van der Waals surface area contributed by atoms with E-state index in [1.54, 1.807) is 0 Å². The molecule has 0 bridgehead atoms. The number of amides is 1. The van der Waals surface area contributed by atoms with Crippen molar-refractivity contribution in [2.75, 3.05) is 6.54 Å². The van der Waals surface area contributed by atoms with E-state index in [4.69, 9.17) is 10.2 Å². The van der Waals surface area contributed by atoms with Crippen molar-refractivity contribution < 1.29 is 9.21 Å². The van der Waals surface area contributed by atoms with Gasteiger partial charge in [0.1, 0.15) is 5.52 Å². The molecule has 0 spiro atoms. The van der Waals surface area contributed by atoms with E-state index in [2.05, 4.69) is 10.3 Å². The van der Waals surface area contributed by atoms with Gasteiger partial charge in [0, 0.05) is 19.0 Å². The van der Waals surface area contributed by atoms with Gasteiger partial charge in [-0.15, -0.1) is 0 Å². The lowest BCUT2D eigenvalue weighted by Crippen LogP contribution is -2.34. The van der Waals surface area contributed by atoms with Crippen LogP contribution in [0.5, 0.6) is 0 Å². The molecule has 1 heterocycles. The molecular formula is C13H17N3O2. The second kappa shape index (κ2) is 5.64. The molecule has 5 heteroatoms. The summed E-state index contributed by atoms with van der Waals surface area (Å²) in [5.41, 5.74) is 8.06. The fourth-order valence-electron chi connectivity index (χ4n) is 1.80. The summed E-state index contributed by atoms with van der Waals surface area (Å²) in [7, 11) is 0. The standard InChI is InChI=1S/C13H17N3O2/c1-2-10(6-14)13(17)15-7-9-3-4-11-12(5-9)18-8-16-11/h3-5,8,10H,2,6-7,14H2,1H3,(H,15,17). The number of fused-ring (bicyclic) bond motifs is 1. The third-order valence-corrected chi connectivity index (χ3v) is 3.01. The van der Waals surface area contributed by atoms with Gasteiger partial charge >= 0.3 is 0 Å². The van der Waals surface area contributed by atoms with Crippen molar-refractivity contribution in [3.05, 3.63) is 30.2 Å². The molecule has 1 amide bonds. The first kappa shape index (κ1) is 12.6. The molecule has 0 aliphatic rings. The summed E-state index contributed by atoms with van der Waals surface area (Å²) in [5, 5.41) is 2.88. The fraction of sp³-hybridized carbons (Fsp3) is 0.385. The first-order chi connectivity index (χ1) is 8.74. The number of hydrogen-bond donors (Lipinski definition) is 2. The maximum atomic E-state index is 11.8. The van der Waals surface area contributed by atoms with E-state index in [1.165, 1.54) is 6.39 Å². The fourth-order valence-corrected chi connectivity index (χ4v) is 1.80. The van der Waals surface area contributed by atoms with Crippen LogP contribution in [0.15, 0.2) is 29.0 Å². The number of carbonyl (C=O) groups is 1. The normalized spacial score (nSPS) is 12.6. The second-order valence-corrected chi connectivity index (χ2v) is 4.21. The minimum Gasteiger partial charge on any atom is -0.443 e. The van der Waals surface area contributed by atoms with E-state index in [0.717, 1.165) is 23.1 Å². The average Bonchev–Trinajstić information content (AvgIpc) is 2.85. The predicted molar refractivity (Wildman–Crippen MR) is 68.7 cm³/mol. The van der Waals surface area contributed by atoms with Crippen molar-refractivity contribution in [2.24, 2.45) is 11.7 Å². The van der Waals surface area contributed by atoms with Gasteiger partial charge in [-0.2, -0.15) is 0 Å². The van der Waals surface area contributed by atoms with Gasteiger partial charge in [0.2, 0.25) is 5.91 Å². The monoisotopic (exact) mass is 247 g/mol. The Morgan fingerprint density at radius 3 is 3.11 bits per heavy atom. The van der Waals surface area contributed by atoms with Crippen LogP contribution in [0.3, 0.4) is 0 Å². The molecule has 0 saturated heterocycles. The first-order valence-electron chi connectivity index (χ1n) is 6.04. The minimum absolute atomic E-state index is 0.00216. The number of nitrogens with zero attached hydrogens (tertiary/aromatic N) is 1. The van der Waals surface area contributed by atoms with Crippen molar-refractivity contribution in [2.45, 2.75) is 19.9 Å². The third-order valence-electron chi connectivity index (χ3n) is 3.01. The Kier molecular flexibility index (Phi) is 3.94. The van der Waals surface area contributed by atoms with Crippen LogP contribution in [0.4, 0.5) is 0 Å². The van der Waals surface area contributed by atoms with Gasteiger partial charge in [-0.1, -0.05) is 13.0 Å². The van der Waals surface area contributed by atoms with Crippen LogP contribution in [0.25, 0.3) is 11.1 Å². The highest BCUT2D eigenvalue weighted by Gasteiger charge is 2.13. The molecule has 0 radical (unpaired) electrons. The largest absolute Gasteiger partial charge is 0.443 e. The van der Waals surface area contributed by atoms with Crippen molar-refractivity contribution >= 4 is 17.0 Å². The quantitative estimate of drug-likeness (QED) is 0.837. The van der Waals surface area contributed by atoms with Crippen LogP contribution in [0, 0.1) is 5.92 Å². The molecule has 0 saturated carbocycles. The van der Waals surface area contributed by atoms with E-state index in [-0.39, 0.29) is 11.8 Å². The highest BCUT2D eigenvalue weighted by molar-refractivity contribution is 5.79. The van der Waals surface area contributed by atoms with E-state index < -0.39 is 0 Å². The highest BCUT2D eigenvalue weighted by Crippen LogP contribution is 2.14. The van der Waals surface area contributed by atoms with Gasteiger partial charge in [0.15, 0.2) is 12.0 Å². The number of carbonyl (C=O) groups excluding carboxylic acids is 1. The molecule has 1 aromatic carbocycles. The van der Waals surface area contributed by atoms with Crippen molar-refractivity contribution in [1.29, 1.82) is 0 Å². The van der Waals surface area contributed by atoms with Crippen LogP contribution >= 0.6 is 0 Å². The van der Waals surface area contributed by atoms with E-state index in [0.29, 0.717) is 13.1 Å². The molecule has 3 N–H and O–H groups in total. The number of aromatic nitrogens is 1. The van der Waals surface area contributed by atoms with E-state index in [9.17, 15) is 4.79 Å². The molecule has 0 aliphatic carbocycles. The molecule has 18 heavy (non-hydrogen) atoms. The lowest BCUT2D eigenvalue weighted by molar-refractivity contribution is -0.124. The Balaban J connectivity index is 1.99. The summed E-state index contributed by atoms with van der Waals surface area (Å²) in [6, 6.07) is 5.68. The molecule has 2 rings (SSSR count). The average molecular weight is 247 g/mol. The summed E-state index contributed by atoms with van der Waals surface area (Å²) in [6.07, 6.45) is 2.16. The molecule has 1 atom stereocenters. The molecule has 96 valence electrons. The molecule has 2 aromatic rings. The molecule has 5 nitrogen and oxygen atoms in total. The van der Waals surface area contributed by atoms with Gasteiger partial charge in [0.05, 0.1) is 0 Å². The zero-order valence-electron chi connectivity index (χ0n) is 10.3. The maximum Gasteiger partial charge on any atom is 0.224 e. The van der Waals surface area contributed by atoms with Gasteiger partial charge in [-0.25, -0.2) is 4.98 Å². The molecule has 1 aromatic heterocycles. The van der Waals surface area contributed by atoms with Gasteiger partial charge in [0.25, 0.3) is 0 Å². The number of rotatable bonds is 5. The van der Waals surface area contributed by atoms with Crippen molar-refractivity contribution in [1.82, 2.24) is 10.3 Å². The molecular weight excluding hydrogens is 230 g/mol. The van der Waals surface area contributed by atoms with Crippen LogP contribution in [-0.2, 0) is 11.3 Å². The first-order valence-corrected chi connectivity index (χ1v) is 6.04. The van der Waals surface area contributed by atoms with Crippen LogP contribution in [-0.4, -0.2) is 17.4 Å². The third kappa shape index (κ3) is 2.68. The SMILES string of the molecule is CCC(CN)C(=O)NCc1ccc2ncoc2c1. The minimum atomic E-state index is -0.112. The number of benzene rings is 1. The Morgan fingerprint density at radius 1 is 1.56 bits per heavy atom. The molecule has 1 unspecified atom stereocenters. The number of oxazole rings is 1. The van der Waals surface area contributed by atoms with Gasteiger partial charge in [-0.3, -0.25) is 4.79 Å². The summed E-state index contributed by atoms with van der Waals surface area (Å²) < 4.78 is 5.21. The summed E-state index contributed by atoms with van der Waals surface area (Å²) in [6.45, 7) is 2.81. The Hall–Kier alpha value is -1.88. The Bertz CT molecular complexity index is 532.